The molecule has 0 amide bonds. The monoisotopic (exact) mass is 231 g/mol. The first-order chi connectivity index (χ1) is 7.36. The zero-order chi connectivity index (χ0) is 10.9. The maximum atomic E-state index is 8.66. The third-order valence-electron chi connectivity index (χ3n) is 3.01. The summed E-state index contributed by atoms with van der Waals surface area (Å²) in [5.74, 6) is 1.30. The zero-order valence-corrected chi connectivity index (χ0v) is 10.7. The first kappa shape index (κ1) is 13.3. The van der Waals surface area contributed by atoms with Gasteiger partial charge in [-0.25, -0.2) is 0 Å². The van der Waals surface area contributed by atoms with Crippen LogP contribution in [-0.2, 0) is 0 Å². The standard InChI is InChI=1S/C12H25NOS/c1-2-13-11-9-12(15-10-11)7-5-3-4-6-8-14/h11-14H,2-10H2,1H3/t11?,12-/m1/s1. The number of thioether (sulfide) groups is 1. The van der Waals surface area contributed by atoms with Gasteiger partial charge in [0.2, 0.25) is 0 Å². The summed E-state index contributed by atoms with van der Waals surface area (Å²) in [4.78, 5) is 0. The Morgan fingerprint density at radius 2 is 2.07 bits per heavy atom. The van der Waals surface area contributed by atoms with Gasteiger partial charge in [0, 0.05) is 23.7 Å². The van der Waals surface area contributed by atoms with Gasteiger partial charge in [-0.05, 0) is 25.8 Å². The van der Waals surface area contributed by atoms with Gasteiger partial charge in [-0.2, -0.15) is 11.8 Å². The van der Waals surface area contributed by atoms with Gasteiger partial charge in [-0.1, -0.05) is 26.2 Å². The lowest BCUT2D eigenvalue weighted by Gasteiger charge is -2.10. The summed E-state index contributed by atoms with van der Waals surface area (Å²) >= 11 is 2.14. The molecule has 2 atom stereocenters. The van der Waals surface area contributed by atoms with Crippen LogP contribution in [0.3, 0.4) is 0 Å². The second-order valence-electron chi connectivity index (χ2n) is 4.37. The summed E-state index contributed by atoms with van der Waals surface area (Å²) < 4.78 is 0. The number of unbranched alkanes of at least 4 members (excludes halogenated alkanes) is 3. The van der Waals surface area contributed by atoms with Gasteiger partial charge in [-0.15, -0.1) is 0 Å². The van der Waals surface area contributed by atoms with Crippen molar-refractivity contribution >= 4 is 11.8 Å². The maximum absolute atomic E-state index is 8.66. The van der Waals surface area contributed by atoms with Gasteiger partial charge < -0.3 is 10.4 Å². The Morgan fingerprint density at radius 3 is 2.80 bits per heavy atom. The first-order valence-corrected chi connectivity index (χ1v) is 7.37. The highest BCUT2D eigenvalue weighted by Gasteiger charge is 2.23. The fourth-order valence-corrected chi connectivity index (χ4v) is 3.64. The van der Waals surface area contributed by atoms with Crippen LogP contribution in [0.25, 0.3) is 0 Å². The maximum Gasteiger partial charge on any atom is 0.0431 e. The number of hydrogen-bond acceptors (Lipinski definition) is 3. The molecule has 0 aromatic heterocycles. The third kappa shape index (κ3) is 5.79. The highest BCUT2D eigenvalue weighted by Crippen LogP contribution is 2.30. The van der Waals surface area contributed by atoms with Gasteiger partial charge in [0.15, 0.2) is 0 Å². The van der Waals surface area contributed by atoms with Crippen LogP contribution in [0.15, 0.2) is 0 Å². The summed E-state index contributed by atoms with van der Waals surface area (Å²) in [7, 11) is 0. The van der Waals surface area contributed by atoms with Crippen LogP contribution in [-0.4, -0.2) is 35.3 Å². The molecule has 2 nitrogen and oxygen atoms in total. The third-order valence-corrected chi connectivity index (χ3v) is 4.50. The SMILES string of the molecule is CCNC1CS[C@H](CCCCCCO)C1. The van der Waals surface area contributed by atoms with Crippen molar-refractivity contribution in [3.63, 3.8) is 0 Å². The Bertz CT molecular complexity index is 155. The Balaban J connectivity index is 1.94. The molecule has 1 rings (SSSR count). The smallest absolute Gasteiger partial charge is 0.0431 e. The highest BCUT2D eigenvalue weighted by atomic mass is 32.2. The zero-order valence-electron chi connectivity index (χ0n) is 9.87. The van der Waals surface area contributed by atoms with Crippen molar-refractivity contribution in [2.45, 2.75) is 56.7 Å². The van der Waals surface area contributed by atoms with E-state index < -0.39 is 0 Å². The van der Waals surface area contributed by atoms with Crippen molar-refractivity contribution in [3.05, 3.63) is 0 Å². The van der Waals surface area contributed by atoms with Crippen molar-refractivity contribution in [2.75, 3.05) is 18.9 Å². The molecule has 0 saturated carbocycles. The van der Waals surface area contributed by atoms with E-state index in [1.54, 1.807) is 0 Å². The van der Waals surface area contributed by atoms with Gasteiger partial charge in [0.05, 0.1) is 0 Å². The molecule has 1 aliphatic rings. The van der Waals surface area contributed by atoms with Crippen molar-refractivity contribution in [2.24, 2.45) is 0 Å². The molecule has 1 saturated heterocycles. The van der Waals surface area contributed by atoms with E-state index in [1.807, 2.05) is 0 Å². The van der Waals surface area contributed by atoms with Crippen molar-refractivity contribution < 1.29 is 5.11 Å². The number of hydrogen-bond donors (Lipinski definition) is 2. The number of rotatable bonds is 8. The second kappa shape index (κ2) is 8.43. The number of nitrogens with one attached hydrogen (secondary N) is 1. The van der Waals surface area contributed by atoms with Crippen molar-refractivity contribution in [1.29, 1.82) is 0 Å². The van der Waals surface area contributed by atoms with Crippen LogP contribution in [0.1, 0.15) is 45.4 Å². The molecule has 90 valence electrons. The fourth-order valence-electron chi connectivity index (χ4n) is 2.18. The van der Waals surface area contributed by atoms with Gasteiger partial charge in [0.25, 0.3) is 0 Å². The van der Waals surface area contributed by atoms with E-state index in [1.165, 1.54) is 37.9 Å². The topological polar surface area (TPSA) is 32.3 Å². The summed E-state index contributed by atoms with van der Waals surface area (Å²) in [6.07, 6.45) is 7.55. The molecule has 1 fully saturated rings. The molecule has 1 unspecified atom stereocenters. The Hall–Kier alpha value is 0.270. The number of aliphatic hydroxyl groups is 1. The minimum absolute atomic E-state index is 0.362. The molecule has 0 aromatic rings. The van der Waals surface area contributed by atoms with E-state index in [-0.39, 0.29) is 0 Å². The average molecular weight is 231 g/mol. The van der Waals surface area contributed by atoms with Crippen LogP contribution in [0.4, 0.5) is 0 Å². The molecule has 3 heteroatoms. The van der Waals surface area contributed by atoms with Gasteiger partial charge in [-0.3, -0.25) is 0 Å². The summed E-state index contributed by atoms with van der Waals surface area (Å²) in [5, 5.41) is 13.1. The van der Waals surface area contributed by atoms with E-state index in [0.717, 1.165) is 24.3 Å². The molecule has 0 aliphatic carbocycles. The lowest BCUT2D eigenvalue weighted by Crippen LogP contribution is -2.28. The van der Waals surface area contributed by atoms with Crippen LogP contribution in [0.2, 0.25) is 0 Å². The molecular formula is C12H25NOS. The average Bonchev–Trinajstić information content (AvgIpc) is 2.66. The highest BCUT2D eigenvalue weighted by molar-refractivity contribution is 8.00. The summed E-state index contributed by atoms with van der Waals surface area (Å²) in [5.41, 5.74) is 0. The minimum Gasteiger partial charge on any atom is -0.396 e. The van der Waals surface area contributed by atoms with Crippen molar-refractivity contribution in [3.8, 4) is 0 Å². The van der Waals surface area contributed by atoms with Gasteiger partial charge >= 0.3 is 0 Å². The summed E-state index contributed by atoms with van der Waals surface area (Å²) in [6, 6.07) is 0.766. The molecule has 0 spiro atoms. The Labute approximate surface area is 98.2 Å². The normalized spacial score (nSPS) is 26.0. The predicted octanol–water partition coefficient (Wildman–Crippen LogP) is 2.41. The molecule has 0 aromatic carbocycles. The fraction of sp³-hybridized carbons (Fsp3) is 1.00. The van der Waals surface area contributed by atoms with Gasteiger partial charge in [0.1, 0.15) is 0 Å². The molecule has 1 aliphatic heterocycles. The predicted molar refractivity (Wildman–Crippen MR) is 68.5 cm³/mol. The molecule has 2 N–H and O–H groups in total. The van der Waals surface area contributed by atoms with Crippen LogP contribution < -0.4 is 5.32 Å². The minimum atomic E-state index is 0.362. The van der Waals surface area contributed by atoms with Crippen LogP contribution in [0, 0.1) is 0 Å². The molecule has 1 heterocycles. The van der Waals surface area contributed by atoms with Crippen LogP contribution in [0.5, 0.6) is 0 Å². The van der Waals surface area contributed by atoms with E-state index in [0.29, 0.717) is 6.61 Å². The molecule has 15 heavy (non-hydrogen) atoms. The Kier molecular flexibility index (Phi) is 7.49. The van der Waals surface area contributed by atoms with E-state index >= 15 is 0 Å². The van der Waals surface area contributed by atoms with Crippen LogP contribution >= 0.6 is 11.8 Å². The first-order valence-electron chi connectivity index (χ1n) is 6.32. The largest absolute Gasteiger partial charge is 0.396 e. The molecular weight excluding hydrogens is 206 g/mol. The quantitative estimate of drug-likeness (QED) is 0.629. The number of aliphatic hydroxyl groups excluding tert-OH is 1. The second-order valence-corrected chi connectivity index (χ2v) is 5.71. The molecule has 0 bridgehead atoms. The van der Waals surface area contributed by atoms with E-state index in [9.17, 15) is 0 Å². The summed E-state index contributed by atoms with van der Waals surface area (Å²) in [6.45, 7) is 3.65. The molecule has 0 radical (unpaired) electrons. The lowest BCUT2D eigenvalue weighted by molar-refractivity contribution is 0.282. The Morgan fingerprint density at radius 1 is 1.27 bits per heavy atom. The van der Waals surface area contributed by atoms with Crippen molar-refractivity contribution in [1.82, 2.24) is 5.32 Å². The lowest BCUT2D eigenvalue weighted by atomic mass is 10.1. The van der Waals surface area contributed by atoms with E-state index in [2.05, 4.69) is 24.0 Å². The van der Waals surface area contributed by atoms with E-state index in [4.69, 9.17) is 5.11 Å².